The van der Waals surface area contributed by atoms with Gasteiger partial charge in [0, 0.05) is 16.3 Å². The normalized spacial score (nSPS) is 10.4. The van der Waals surface area contributed by atoms with Crippen LogP contribution >= 0.6 is 22.9 Å². The number of carbonyl (C=O) groups excluding carboxylic acids is 1. The highest BCUT2D eigenvalue weighted by Gasteiger charge is 2.10. The SMILES string of the molecule is Cc1ccc(NC(=O)c2cc(COc3ccc(Cl)cc3)cs2)cc1. The highest BCUT2D eigenvalue weighted by molar-refractivity contribution is 7.12. The molecule has 0 fully saturated rings. The number of carbonyl (C=O) groups is 1. The van der Waals surface area contributed by atoms with Crippen LogP contribution in [0.4, 0.5) is 5.69 Å². The van der Waals surface area contributed by atoms with Gasteiger partial charge in [0.15, 0.2) is 0 Å². The highest BCUT2D eigenvalue weighted by atomic mass is 35.5. The van der Waals surface area contributed by atoms with Gasteiger partial charge in [-0.2, -0.15) is 0 Å². The monoisotopic (exact) mass is 357 g/mol. The second-order valence-electron chi connectivity index (χ2n) is 5.38. The lowest BCUT2D eigenvalue weighted by Gasteiger charge is -2.05. The molecule has 2 aromatic carbocycles. The summed E-state index contributed by atoms with van der Waals surface area (Å²) in [4.78, 5) is 12.9. The smallest absolute Gasteiger partial charge is 0.265 e. The molecule has 0 radical (unpaired) electrons. The Kier molecular flexibility index (Phi) is 5.18. The summed E-state index contributed by atoms with van der Waals surface area (Å²) in [5.41, 5.74) is 2.91. The molecule has 1 amide bonds. The van der Waals surface area contributed by atoms with Gasteiger partial charge in [-0.15, -0.1) is 11.3 Å². The van der Waals surface area contributed by atoms with Crippen LogP contribution in [0.1, 0.15) is 20.8 Å². The van der Waals surface area contributed by atoms with E-state index in [2.05, 4.69) is 5.32 Å². The van der Waals surface area contributed by atoms with Gasteiger partial charge in [0.1, 0.15) is 12.4 Å². The van der Waals surface area contributed by atoms with E-state index < -0.39 is 0 Å². The lowest BCUT2D eigenvalue weighted by molar-refractivity contribution is 0.103. The maximum Gasteiger partial charge on any atom is 0.265 e. The molecule has 0 aliphatic rings. The van der Waals surface area contributed by atoms with Crippen molar-refractivity contribution in [3.05, 3.63) is 81.0 Å². The van der Waals surface area contributed by atoms with Crippen LogP contribution in [0.3, 0.4) is 0 Å². The van der Waals surface area contributed by atoms with E-state index in [1.807, 2.05) is 54.8 Å². The number of ether oxygens (including phenoxy) is 1. The Hall–Kier alpha value is -2.30. The molecule has 0 spiro atoms. The van der Waals surface area contributed by atoms with Gasteiger partial charge in [0.2, 0.25) is 0 Å². The molecular formula is C19H16ClNO2S. The largest absolute Gasteiger partial charge is 0.489 e. The van der Waals surface area contributed by atoms with Crippen LogP contribution < -0.4 is 10.1 Å². The van der Waals surface area contributed by atoms with E-state index in [-0.39, 0.29) is 5.91 Å². The maximum atomic E-state index is 12.3. The van der Waals surface area contributed by atoms with Crippen molar-refractivity contribution in [3.8, 4) is 5.75 Å². The quantitative estimate of drug-likeness (QED) is 0.650. The zero-order valence-electron chi connectivity index (χ0n) is 13.1. The van der Waals surface area contributed by atoms with Crippen molar-refractivity contribution in [3.63, 3.8) is 0 Å². The molecule has 1 heterocycles. The number of rotatable bonds is 5. The number of anilines is 1. The van der Waals surface area contributed by atoms with Crippen LogP contribution in [-0.4, -0.2) is 5.91 Å². The molecule has 3 aromatic rings. The van der Waals surface area contributed by atoms with E-state index in [9.17, 15) is 4.79 Å². The minimum absolute atomic E-state index is 0.110. The number of hydrogen-bond acceptors (Lipinski definition) is 3. The van der Waals surface area contributed by atoms with Gasteiger partial charge < -0.3 is 10.1 Å². The van der Waals surface area contributed by atoms with Gasteiger partial charge >= 0.3 is 0 Å². The zero-order valence-corrected chi connectivity index (χ0v) is 14.7. The second-order valence-corrected chi connectivity index (χ2v) is 6.73. The van der Waals surface area contributed by atoms with Gasteiger partial charge in [-0.25, -0.2) is 0 Å². The minimum Gasteiger partial charge on any atom is -0.489 e. The lowest BCUT2D eigenvalue weighted by Crippen LogP contribution is -2.10. The molecule has 3 rings (SSSR count). The standard InChI is InChI=1S/C19H16ClNO2S/c1-13-2-6-16(7-3-13)21-19(22)18-10-14(12-24-18)11-23-17-8-4-15(20)5-9-17/h2-10,12H,11H2,1H3,(H,21,22). The summed E-state index contributed by atoms with van der Waals surface area (Å²) in [6.45, 7) is 2.42. The average molecular weight is 358 g/mol. The molecule has 0 unspecified atom stereocenters. The van der Waals surface area contributed by atoms with E-state index >= 15 is 0 Å². The van der Waals surface area contributed by atoms with Gasteiger partial charge in [-0.05, 0) is 54.8 Å². The summed E-state index contributed by atoms with van der Waals surface area (Å²) >= 11 is 7.25. The average Bonchev–Trinajstić information content (AvgIpc) is 3.06. The number of nitrogens with one attached hydrogen (secondary N) is 1. The molecule has 0 saturated carbocycles. The molecule has 0 atom stereocenters. The van der Waals surface area contributed by atoms with Crippen LogP contribution in [0, 0.1) is 6.92 Å². The van der Waals surface area contributed by atoms with Crippen molar-refractivity contribution in [2.75, 3.05) is 5.32 Å². The first-order valence-corrected chi connectivity index (χ1v) is 8.70. The van der Waals surface area contributed by atoms with Crippen molar-refractivity contribution < 1.29 is 9.53 Å². The molecule has 0 bridgehead atoms. The number of hydrogen-bond donors (Lipinski definition) is 1. The van der Waals surface area contributed by atoms with Crippen molar-refractivity contribution >= 4 is 34.5 Å². The number of thiophene rings is 1. The molecule has 122 valence electrons. The third-order valence-corrected chi connectivity index (χ3v) is 4.64. The predicted octanol–water partition coefficient (Wildman–Crippen LogP) is 5.54. The summed E-state index contributed by atoms with van der Waals surface area (Å²) < 4.78 is 5.69. The fourth-order valence-corrected chi connectivity index (χ4v) is 3.02. The Morgan fingerprint density at radius 1 is 1.12 bits per heavy atom. The fourth-order valence-electron chi connectivity index (χ4n) is 2.10. The Morgan fingerprint density at radius 2 is 1.83 bits per heavy atom. The Bertz CT molecular complexity index is 825. The van der Waals surface area contributed by atoms with Crippen LogP contribution in [0.2, 0.25) is 5.02 Å². The first-order valence-electron chi connectivity index (χ1n) is 7.44. The number of halogens is 1. The molecule has 3 nitrogen and oxygen atoms in total. The van der Waals surface area contributed by atoms with Crippen LogP contribution in [0.5, 0.6) is 5.75 Å². The van der Waals surface area contributed by atoms with Gasteiger partial charge in [-0.1, -0.05) is 29.3 Å². The van der Waals surface area contributed by atoms with Crippen molar-refractivity contribution in [1.82, 2.24) is 0 Å². The van der Waals surface area contributed by atoms with E-state index in [0.29, 0.717) is 16.5 Å². The Labute approximate surface area is 149 Å². The molecule has 1 aromatic heterocycles. The third kappa shape index (κ3) is 4.37. The predicted molar refractivity (Wildman–Crippen MR) is 99.2 cm³/mol. The second kappa shape index (κ2) is 7.51. The zero-order chi connectivity index (χ0) is 16.9. The molecule has 24 heavy (non-hydrogen) atoms. The number of amides is 1. The molecular weight excluding hydrogens is 342 g/mol. The summed E-state index contributed by atoms with van der Waals surface area (Å²) in [6, 6.07) is 16.8. The molecule has 0 aliphatic carbocycles. The van der Waals surface area contributed by atoms with E-state index in [1.165, 1.54) is 11.3 Å². The van der Waals surface area contributed by atoms with Gasteiger partial charge in [-0.3, -0.25) is 4.79 Å². The van der Waals surface area contributed by atoms with Crippen molar-refractivity contribution in [2.45, 2.75) is 13.5 Å². The summed E-state index contributed by atoms with van der Waals surface area (Å²) in [7, 11) is 0. The van der Waals surface area contributed by atoms with Crippen LogP contribution in [0.25, 0.3) is 0 Å². The molecule has 0 aliphatic heterocycles. The first kappa shape index (κ1) is 16.6. The first-order chi connectivity index (χ1) is 11.6. The molecule has 1 N–H and O–H groups in total. The van der Waals surface area contributed by atoms with Crippen molar-refractivity contribution in [1.29, 1.82) is 0 Å². The summed E-state index contributed by atoms with van der Waals surface area (Å²) in [5.74, 6) is 0.637. The third-order valence-electron chi connectivity index (χ3n) is 3.41. The van der Waals surface area contributed by atoms with E-state index in [4.69, 9.17) is 16.3 Å². The molecule has 0 saturated heterocycles. The van der Waals surface area contributed by atoms with Crippen molar-refractivity contribution in [2.24, 2.45) is 0 Å². The minimum atomic E-state index is -0.110. The fraction of sp³-hybridized carbons (Fsp3) is 0.105. The summed E-state index contributed by atoms with van der Waals surface area (Å²) in [6.07, 6.45) is 0. The number of aryl methyl sites for hydroxylation is 1. The molecule has 5 heteroatoms. The summed E-state index contributed by atoms with van der Waals surface area (Å²) in [5, 5.41) is 5.50. The Morgan fingerprint density at radius 3 is 2.54 bits per heavy atom. The van der Waals surface area contributed by atoms with E-state index in [1.54, 1.807) is 12.1 Å². The lowest BCUT2D eigenvalue weighted by atomic mass is 10.2. The number of benzene rings is 2. The van der Waals surface area contributed by atoms with Gasteiger partial charge in [0.05, 0.1) is 4.88 Å². The van der Waals surface area contributed by atoms with Gasteiger partial charge in [0.25, 0.3) is 5.91 Å². The van der Waals surface area contributed by atoms with Crippen LogP contribution in [0.15, 0.2) is 60.0 Å². The topological polar surface area (TPSA) is 38.3 Å². The maximum absolute atomic E-state index is 12.3. The Balaban J connectivity index is 1.59. The van der Waals surface area contributed by atoms with Crippen LogP contribution in [-0.2, 0) is 6.61 Å². The highest BCUT2D eigenvalue weighted by Crippen LogP contribution is 2.20. The van der Waals surface area contributed by atoms with E-state index in [0.717, 1.165) is 22.6 Å².